The SMILES string of the molecule is Cc1cc(Br)c(NC(=O)CC2CCSCC2)cc1N. The third kappa shape index (κ3) is 4.14. The van der Waals surface area contributed by atoms with Gasteiger partial charge in [0.1, 0.15) is 0 Å². The van der Waals surface area contributed by atoms with Crippen molar-refractivity contribution >= 4 is 45.0 Å². The van der Waals surface area contributed by atoms with Crippen LogP contribution >= 0.6 is 27.7 Å². The van der Waals surface area contributed by atoms with Gasteiger partial charge in [0.25, 0.3) is 0 Å². The van der Waals surface area contributed by atoms with Crippen molar-refractivity contribution < 1.29 is 4.79 Å². The van der Waals surface area contributed by atoms with Crippen molar-refractivity contribution in [2.24, 2.45) is 5.92 Å². The lowest BCUT2D eigenvalue weighted by atomic mass is 9.98. The van der Waals surface area contributed by atoms with Gasteiger partial charge in [-0.25, -0.2) is 0 Å². The van der Waals surface area contributed by atoms with Crippen LogP contribution in [0.2, 0.25) is 0 Å². The number of thioether (sulfide) groups is 1. The van der Waals surface area contributed by atoms with Gasteiger partial charge in [-0.15, -0.1) is 0 Å². The summed E-state index contributed by atoms with van der Waals surface area (Å²) in [6.45, 7) is 1.95. The smallest absolute Gasteiger partial charge is 0.224 e. The van der Waals surface area contributed by atoms with Crippen LogP contribution in [-0.4, -0.2) is 17.4 Å². The van der Waals surface area contributed by atoms with E-state index in [4.69, 9.17) is 5.73 Å². The highest BCUT2D eigenvalue weighted by Gasteiger charge is 2.18. The van der Waals surface area contributed by atoms with E-state index >= 15 is 0 Å². The molecule has 3 N–H and O–H groups in total. The van der Waals surface area contributed by atoms with Crippen LogP contribution in [0, 0.1) is 12.8 Å². The van der Waals surface area contributed by atoms with Gasteiger partial charge in [0.15, 0.2) is 0 Å². The van der Waals surface area contributed by atoms with Crippen LogP contribution in [0.4, 0.5) is 11.4 Å². The Kier molecular flexibility index (Phi) is 5.16. The Hall–Kier alpha value is -0.680. The molecule has 104 valence electrons. The average Bonchev–Trinajstić information content (AvgIpc) is 2.37. The second-order valence-corrected chi connectivity index (χ2v) is 7.08. The van der Waals surface area contributed by atoms with E-state index in [2.05, 4.69) is 21.2 Å². The summed E-state index contributed by atoms with van der Waals surface area (Å²) in [5.41, 5.74) is 8.35. The van der Waals surface area contributed by atoms with Crippen LogP contribution in [0.1, 0.15) is 24.8 Å². The number of anilines is 2. The third-order valence-electron chi connectivity index (χ3n) is 3.44. The molecule has 1 heterocycles. The Morgan fingerprint density at radius 1 is 1.47 bits per heavy atom. The molecule has 0 saturated carbocycles. The van der Waals surface area contributed by atoms with Gasteiger partial charge < -0.3 is 11.1 Å². The van der Waals surface area contributed by atoms with Crippen molar-refractivity contribution in [3.63, 3.8) is 0 Å². The monoisotopic (exact) mass is 342 g/mol. The molecule has 0 radical (unpaired) electrons. The molecule has 0 unspecified atom stereocenters. The molecular weight excluding hydrogens is 324 g/mol. The Bertz CT molecular complexity index is 473. The maximum atomic E-state index is 12.0. The predicted molar refractivity (Wildman–Crippen MR) is 86.6 cm³/mol. The fourth-order valence-electron chi connectivity index (χ4n) is 2.20. The number of carbonyl (C=O) groups excluding carboxylic acids is 1. The van der Waals surface area contributed by atoms with Gasteiger partial charge in [0, 0.05) is 16.6 Å². The summed E-state index contributed by atoms with van der Waals surface area (Å²) in [5.74, 6) is 2.97. The Labute approximate surface area is 126 Å². The van der Waals surface area contributed by atoms with E-state index in [1.165, 1.54) is 11.5 Å². The first-order chi connectivity index (χ1) is 9.06. The van der Waals surface area contributed by atoms with Crippen LogP contribution in [-0.2, 0) is 4.79 Å². The van der Waals surface area contributed by atoms with Gasteiger partial charge in [-0.05, 0) is 70.8 Å². The number of benzene rings is 1. The fourth-order valence-corrected chi connectivity index (χ4v) is 3.96. The number of nitrogens with one attached hydrogen (secondary N) is 1. The molecule has 1 fully saturated rings. The molecule has 2 rings (SSSR count). The molecule has 1 amide bonds. The minimum absolute atomic E-state index is 0.0841. The zero-order valence-corrected chi connectivity index (χ0v) is 13.4. The molecule has 1 aliphatic heterocycles. The van der Waals surface area contributed by atoms with Gasteiger partial charge in [0.05, 0.1) is 5.69 Å². The van der Waals surface area contributed by atoms with Gasteiger partial charge in [0.2, 0.25) is 5.91 Å². The van der Waals surface area contributed by atoms with E-state index in [0.29, 0.717) is 18.0 Å². The molecule has 0 aliphatic carbocycles. The molecule has 0 bridgehead atoms. The number of carbonyl (C=O) groups is 1. The minimum Gasteiger partial charge on any atom is -0.398 e. The first-order valence-electron chi connectivity index (χ1n) is 6.49. The summed E-state index contributed by atoms with van der Waals surface area (Å²) in [4.78, 5) is 12.0. The second-order valence-electron chi connectivity index (χ2n) is 5.00. The maximum Gasteiger partial charge on any atom is 0.224 e. The highest BCUT2D eigenvalue weighted by molar-refractivity contribution is 9.10. The van der Waals surface area contributed by atoms with E-state index in [1.807, 2.05) is 30.8 Å². The topological polar surface area (TPSA) is 55.1 Å². The second kappa shape index (κ2) is 6.66. The molecule has 19 heavy (non-hydrogen) atoms. The highest BCUT2D eigenvalue weighted by atomic mass is 79.9. The number of rotatable bonds is 3. The Balaban J connectivity index is 1.96. The quantitative estimate of drug-likeness (QED) is 0.821. The number of halogens is 1. The zero-order valence-electron chi connectivity index (χ0n) is 11.0. The summed E-state index contributed by atoms with van der Waals surface area (Å²) in [7, 11) is 0. The molecule has 0 atom stereocenters. The van der Waals surface area contributed by atoms with Crippen molar-refractivity contribution in [2.45, 2.75) is 26.2 Å². The first-order valence-corrected chi connectivity index (χ1v) is 8.44. The summed E-state index contributed by atoms with van der Waals surface area (Å²) in [6, 6.07) is 3.75. The molecule has 0 spiro atoms. The Morgan fingerprint density at radius 3 is 2.84 bits per heavy atom. The standard InChI is InChI=1S/C14H19BrN2OS/c1-9-6-11(15)13(8-12(9)16)17-14(18)7-10-2-4-19-5-3-10/h6,8,10H,2-5,7,16H2,1H3,(H,17,18). The molecule has 0 aromatic heterocycles. The van der Waals surface area contributed by atoms with Crippen LogP contribution in [0.15, 0.2) is 16.6 Å². The molecule has 1 aliphatic rings. The van der Waals surface area contributed by atoms with Crippen molar-refractivity contribution in [2.75, 3.05) is 22.6 Å². The minimum atomic E-state index is 0.0841. The molecular formula is C14H19BrN2OS. The van der Waals surface area contributed by atoms with Crippen LogP contribution in [0.5, 0.6) is 0 Å². The average molecular weight is 343 g/mol. The van der Waals surface area contributed by atoms with Crippen molar-refractivity contribution in [3.05, 3.63) is 22.2 Å². The zero-order chi connectivity index (χ0) is 13.8. The summed E-state index contributed by atoms with van der Waals surface area (Å²) in [6.07, 6.45) is 2.91. The van der Waals surface area contributed by atoms with Crippen LogP contribution in [0.25, 0.3) is 0 Å². The molecule has 1 aromatic rings. The van der Waals surface area contributed by atoms with E-state index in [0.717, 1.165) is 28.6 Å². The Morgan fingerprint density at radius 2 is 2.16 bits per heavy atom. The van der Waals surface area contributed by atoms with Crippen LogP contribution in [0.3, 0.4) is 0 Å². The van der Waals surface area contributed by atoms with E-state index < -0.39 is 0 Å². The van der Waals surface area contributed by atoms with Gasteiger partial charge in [-0.2, -0.15) is 11.8 Å². The number of hydrogen-bond acceptors (Lipinski definition) is 3. The van der Waals surface area contributed by atoms with Crippen molar-refractivity contribution in [1.82, 2.24) is 0 Å². The van der Waals surface area contributed by atoms with E-state index in [9.17, 15) is 4.79 Å². The molecule has 3 nitrogen and oxygen atoms in total. The van der Waals surface area contributed by atoms with Gasteiger partial charge in [-0.3, -0.25) is 4.79 Å². The van der Waals surface area contributed by atoms with Crippen molar-refractivity contribution in [3.8, 4) is 0 Å². The highest BCUT2D eigenvalue weighted by Crippen LogP contribution is 2.29. The summed E-state index contributed by atoms with van der Waals surface area (Å²) >= 11 is 5.44. The number of hydrogen-bond donors (Lipinski definition) is 2. The molecule has 1 aromatic carbocycles. The molecule has 5 heteroatoms. The maximum absolute atomic E-state index is 12.0. The van der Waals surface area contributed by atoms with Gasteiger partial charge >= 0.3 is 0 Å². The number of nitrogen functional groups attached to an aromatic ring is 1. The number of amides is 1. The summed E-state index contributed by atoms with van der Waals surface area (Å²) in [5, 5.41) is 2.95. The summed E-state index contributed by atoms with van der Waals surface area (Å²) < 4.78 is 0.881. The number of nitrogens with two attached hydrogens (primary N) is 1. The first kappa shape index (κ1) is 14.7. The van der Waals surface area contributed by atoms with E-state index in [-0.39, 0.29) is 5.91 Å². The lowest BCUT2D eigenvalue weighted by Crippen LogP contribution is -2.19. The predicted octanol–water partition coefficient (Wildman–Crippen LogP) is 3.81. The lowest BCUT2D eigenvalue weighted by Gasteiger charge is -2.20. The fraction of sp³-hybridized carbons (Fsp3) is 0.500. The lowest BCUT2D eigenvalue weighted by molar-refractivity contribution is -0.117. The molecule has 1 saturated heterocycles. The van der Waals surface area contributed by atoms with E-state index in [1.54, 1.807) is 0 Å². The third-order valence-corrected chi connectivity index (χ3v) is 5.15. The van der Waals surface area contributed by atoms with Crippen LogP contribution < -0.4 is 11.1 Å². The van der Waals surface area contributed by atoms with Gasteiger partial charge in [-0.1, -0.05) is 0 Å². The normalized spacial score (nSPS) is 16.3. The largest absolute Gasteiger partial charge is 0.398 e. The van der Waals surface area contributed by atoms with Crippen molar-refractivity contribution in [1.29, 1.82) is 0 Å². The number of aryl methyl sites for hydroxylation is 1.